The molecular weight excluding hydrogens is 456 g/mol. The first-order valence-corrected chi connectivity index (χ1v) is 12.1. The molecule has 1 saturated heterocycles. The Bertz CT molecular complexity index is 1240. The number of rotatable bonds is 7. The summed E-state index contributed by atoms with van der Waals surface area (Å²) in [6, 6.07) is 12.3. The molecule has 1 aliphatic heterocycles. The van der Waals surface area contributed by atoms with Crippen molar-refractivity contribution in [2.75, 3.05) is 42.2 Å². The lowest BCUT2D eigenvalue weighted by molar-refractivity contribution is -0.119. The summed E-state index contributed by atoms with van der Waals surface area (Å²) < 4.78 is 1.63. The number of imidazole rings is 1. The number of hydrogen-bond donors (Lipinski definition) is 2. The molecule has 3 aromatic rings. The van der Waals surface area contributed by atoms with E-state index in [0.717, 1.165) is 37.2 Å². The number of nitrogens with one attached hydrogen (secondary N) is 2. The number of hydrogen-bond acceptors (Lipinski definition) is 5. The van der Waals surface area contributed by atoms with Crippen LogP contribution in [0.25, 0.3) is 0 Å². The summed E-state index contributed by atoms with van der Waals surface area (Å²) in [6.07, 6.45) is 6.57. The molecule has 4 rings (SSSR count). The molecule has 3 amide bonds. The number of carbonyl (C=O) groups excluding carboxylic acids is 3. The smallest absolute Gasteiger partial charge is 0.273 e. The SMILES string of the molecule is Cc1ccc(C(=O)Nc2ccc(N(C)C(=O)CN3CCCCC3)cc2)cc1NC(=O)c1cncn1C. The van der Waals surface area contributed by atoms with E-state index in [1.54, 1.807) is 60.2 Å². The van der Waals surface area contributed by atoms with Crippen molar-refractivity contribution in [2.45, 2.75) is 26.2 Å². The van der Waals surface area contributed by atoms with E-state index in [-0.39, 0.29) is 17.7 Å². The molecule has 0 spiro atoms. The maximum atomic E-state index is 12.9. The Labute approximate surface area is 211 Å². The fourth-order valence-corrected chi connectivity index (χ4v) is 4.19. The van der Waals surface area contributed by atoms with E-state index in [0.29, 0.717) is 29.2 Å². The minimum Gasteiger partial charge on any atom is -0.330 e. The van der Waals surface area contributed by atoms with Crippen molar-refractivity contribution >= 4 is 34.8 Å². The molecule has 0 unspecified atom stereocenters. The van der Waals surface area contributed by atoms with Crippen molar-refractivity contribution in [3.05, 3.63) is 71.8 Å². The Hall–Kier alpha value is -3.98. The zero-order valence-corrected chi connectivity index (χ0v) is 21.0. The van der Waals surface area contributed by atoms with Crippen LogP contribution in [0.5, 0.6) is 0 Å². The van der Waals surface area contributed by atoms with Crippen molar-refractivity contribution in [1.82, 2.24) is 14.5 Å². The number of nitrogens with zero attached hydrogens (tertiary/aromatic N) is 4. The largest absolute Gasteiger partial charge is 0.330 e. The van der Waals surface area contributed by atoms with Gasteiger partial charge in [0.25, 0.3) is 11.8 Å². The number of piperidine rings is 1. The zero-order chi connectivity index (χ0) is 25.7. The molecule has 9 heteroatoms. The van der Waals surface area contributed by atoms with E-state index in [1.165, 1.54) is 12.6 Å². The molecule has 36 heavy (non-hydrogen) atoms. The van der Waals surface area contributed by atoms with Gasteiger partial charge < -0.3 is 20.1 Å². The molecule has 0 atom stereocenters. The summed E-state index contributed by atoms with van der Waals surface area (Å²) in [5, 5.41) is 5.73. The minimum atomic E-state index is -0.301. The summed E-state index contributed by atoms with van der Waals surface area (Å²) >= 11 is 0. The van der Waals surface area contributed by atoms with Crippen LogP contribution >= 0.6 is 0 Å². The second-order valence-corrected chi connectivity index (χ2v) is 9.16. The van der Waals surface area contributed by atoms with Crippen molar-refractivity contribution in [3.63, 3.8) is 0 Å². The number of aromatic nitrogens is 2. The molecule has 0 saturated carbocycles. The first-order chi connectivity index (χ1) is 17.3. The molecule has 1 fully saturated rings. The molecule has 9 nitrogen and oxygen atoms in total. The van der Waals surface area contributed by atoms with Crippen molar-refractivity contribution in [2.24, 2.45) is 7.05 Å². The highest BCUT2D eigenvalue weighted by Crippen LogP contribution is 2.21. The van der Waals surface area contributed by atoms with Gasteiger partial charge >= 0.3 is 0 Å². The van der Waals surface area contributed by atoms with Crippen LogP contribution in [0, 0.1) is 6.92 Å². The minimum absolute atomic E-state index is 0.0500. The fraction of sp³-hybridized carbons (Fsp3) is 0.333. The lowest BCUT2D eigenvalue weighted by Crippen LogP contribution is -2.40. The van der Waals surface area contributed by atoms with E-state index in [4.69, 9.17) is 0 Å². The van der Waals surface area contributed by atoms with Gasteiger partial charge in [-0.2, -0.15) is 0 Å². The Balaban J connectivity index is 1.38. The zero-order valence-electron chi connectivity index (χ0n) is 21.0. The van der Waals surface area contributed by atoms with E-state index < -0.39 is 0 Å². The van der Waals surface area contributed by atoms with E-state index >= 15 is 0 Å². The number of likely N-dealkylation sites (tertiary alicyclic amines) is 1. The molecule has 1 aliphatic rings. The summed E-state index contributed by atoms with van der Waals surface area (Å²) in [7, 11) is 3.51. The highest BCUT2D eigenvalue weighted by Gasteiger charge is 2.18. The summed E-state index contributed by atoms with van der Waals surface area (Å²) in [4.78, 5) is 45.9. The van der Waals surface area contributed by atoms with Gasteiger partial charge in [-0.25, -0.2) is 4.98 Å². The standard InChI is InChI=1S/C27H32N6O3/c1-19-7-8-20(15-23(19)30-27(36)24-16-28-18-31(24)2)26(35)29-21-9-11-22(12-10-21)32(3)25(34)17-33-13-5-4-6-14-33/h7-12,15-16,18H,4-6,13-14,17H2,1-3H3,(H,29,35)(H,30,36). The van der Waals surface area contributed by atoms with Crippen LogP contribution in [0.2, 0.25) is 0 Å². The van der Waals surface area contributed by atoms with Gasteiger partial charge in [0.15, 0.2) is 0 Å². The van der Waals surface area contributed by atoms with Crippen LogP contribution in [0.3, 0.4) is 0 Å². The first-order valence-electron chi connectivity index (χ1n) is 12.1. The van der Waals surface area contributed by atoms with Crippen LogP contribution in [0.1, 0.15) is 45.7 Å². The molecule has 2 aromatic carbocycles. The number of likely N-dealkylation sites (N-methyl/N-ethyl adjacent to an activating group) is 1. The number of carbonyl (C=O) groups is 3. The summed E-state index contributed by atoms with van der Waals surface area (Å²) in [5.74, 6) is -0.549. The maximum absolute atomic E-state index is 12.9. The van der Waals surface area contributed by atoms with Gasteiger partial charge in [-0.15, -0.1) is 0 Å². The van der Waals surface area contributed by atoms with Crippen LogP contribution in [-0.2, 0) is 11.8 Å². The predicted molar refractivity (Wildman–Crippen MR) is 140 cm³/mol. The number of benzene rings is 2. The molecule has 188 valence electrons. The topological polar surface area (TPSA) is 99.6 Å². The van der Waals surface area contributed by atoms with Gasteiger partial charge in [-0.1, -0.05) is 12.5 Å². The van der Waals surface area contributed by atoms with Gasteiger partial charge in [-0.05, 0) is 74.8 Å². The van der Waals surface area contributed by atoms with Gasteiger partial charge in [0.1, 0.15) is 5.69 Å². The monoisotopic (exact) mass is 488 g/mol. The molecule has 2 heterocycles. The number of amides is 3. The Morgan fingerprint density at radius 2 is 1.69 bits per heavy atom. The lowest BCUT2D eigenvalue weighted by atomic mass is 10.1. The van der Waals surface area contributed by atoms with Crippen molar-refractivity contribution in [1.29, 1.82) is 0 Å². The second-order valence-electron chi connectivity index (χ2n) is 9.16. The average molecular weight is 489 g/mol. The Morgan fingerprint density at radius 3 is 2.36 bits per heavy atom. The quantitative estimate of drug-likeness (QED) is 0.529. The second kappa shape index (κ2) is 11.2. The van der Waals surface area contributed by atoms with Gasteiger partial charge in [-0.3, -0.25) is 19.3 Å². The highest BCUT2D eigenvalue weighted by molar-refractivity contribution is 6.07. The third-order valence-corrected chi connectivity index (χ3v) is 6.49. The van der Waals surface area contributed by atoms with Crippen LogP contribution in [0.15, 0.2) is 55.0 Å². The van der Waals surface area contributed by atoms with Crippen LogP contribution in [0.4, 0.5) is 17.1 Å². The first kappa shape index (κ1) is 25.1. The Morgan fingerprint density at radius 1 is 0.972 bits per heavy atom. The third kappa shape index (κ3) is 5.98. The molecule has 1 aromatic heterocycles. The van der Waals surface area contributed by atoms with Gasteiger partial charge in [0.2, 0.25) is 5.91 Å². The number of aryl methyl sites for hydroxylation is 2. The van der Waals surface area contributed by atoms with Gasteiger partial charge in [0, 0.05) is 36.7 Å². The number of anilines is 3. The third-order valence-electron chi connectivity index (χ3n) is 6.49. The fourth-order valence-electron chi connectivity index (χ4n) is 4.19. The van der Waals surface area contributed by atoms with E-state index in [1.807, 2.05) is 19.1 Å². The van der Waals surface area contributed by atoms with Crippen molar-refractivity contribution < 1.29 is 14.4 Å². The van der Waals surface area contributed by atoms with Crippen molar-refractivity contribution in [3.8, 4) is 0 Å². The molecule has 0 radical (unpaired) electrons. The van der Waals surface area contributed by atoms with Crippen LogP contribution in [-0.4, -0.2) is 58.9 Å². The highest BCUT2D eigenvalue weighted by atomic mass is 16.2. The van der Waals surface area contributed by atoms with Gasteiger partial charge in [0.05, 0.1) is 19.1 Å². The summed E-state index contributed by atoms with van der Waals surface area (Å²) in [5.41, 5.74) is 3.61. The predicted octanol–water partition coefficient (Wildman–Crippen LogP) is 3.68. The molecule has 0 aliphatic carbocycles. The maximum Gasteiger partial charge on any atom is 0.273 e. The van der Waals surface area contributed by atoms with Crippen LogP contribution < -0.4 is 15.5 Å². The normalized spacial score (nSPS) is 13.8. The average Bonchev–Trinajstić information content (AvgIpc) is 3.32. The Kier molecular flexibility index (Phi) is 7.80. The molecular formula is C27H32N6O3. The molecule has 0 bridgehead atoms. The molecule has 2 N–H and O–H groups in total. The van der Waals surface area contributed by atoms with E-state index in [2.05, 4.69) is 20.5 Å². The lowest BCUT2D eigenvalue weighted by Gasteiger charge is -2.28. The van der Waals surface area contributed by atoms with E-state index in [9.17, 15) is 14.4 Å². The summed E-state index contributed by atoms with van der Waals surface area (Å²) in [6.45, 7) is 4.22.